The molecule has 2 fully saturated rings. The summed E-state index contributed by atoms with van der Waals surface area (Å²) in [6.45, 7) is 4.67. The van der Waals surface area contributed by atoms with Crippen LogP contribution < -0.4 is 0 Å². The van der Waals surface area contributed by atoms with Gasteiger partial charge in [0.1, 0.15) is 0 Å². The zero-order valence-corrected chi connectivity index (χ0v) is 15.5. The van der Waals surface area contributed by atoms with Crippen molar-refractivity contribution >= 4 is 11.6 Å². The molecule has 1 saturated heterocycles. The molecule has 3 heteroatoms. The molecule has 1 heterocycles. The van der Waals surface area contributed by atoms with Crippen molar-refractivity contribution in [3.05, 3.63) is 70.7 Å². The molecule has 0 N–H and O–H groups in total. The van der Waals surface area contributed by atoms with Crippen LogP contribution in [0.5, 0.6) is 0 Å². The topological polar surface area (TPSA) is 6.48 Å². The third-order valence-electron chi connectivity index (χ3n) is 5.86. The highest BCUT2D eigenvalue weighted by atomic mass is 35.5. The zero-order chi connectivity index (χ0) is 17.1. The minimum atomic E-state index is 0.323. The molecule has 2 aliphatic rings. The van der Waals surface area contributed by atoms with Gasteiger partial charge in [-0.15, -0.1) is 0 Å². The van der Waals surface area contributed by atoms with Gasteiger partial charge in [0.2, 0.25) is 0 Å². The van der Waals surface area contributed by atoms with Crippen molar-refractivity contribution in [3.63, 3.8) is 0 Å². The lowest BCUT2D eigenvalue weighted by atomic mass is 9.96. The van der Waals surface area contributed by atoms with Crippen LogP contribution in [0.3, 0.4) is 0 Å². The molecule has 1 aliphatic carbocycles. The van der Waals surface area contributed by atoms with E-state index in [4.69, 9.17) is 11.6 Å². The summed E-state index contributed by atoms with van der Waals surface area (Å²) in [7, 11) is 0. The Morgan fingerprint density at radius 2 is 1.36 bits per heavy atom. The van der Waals surface area contributed by atoms with E-state index in [9.17, 15) is 0 Å². The van der Waals surface area contributed by atoms with Crippen LogP contribution in [0.25, 0.3) is 0 Å². The predicted octanol–water partition coefficient (Wildman–Crippen LogP) is 4.99. The number of halogens is 1. The van der Waals surface area contributed by atoms with Crippen LogP contribution in [0.1, 0.15) is 42.9 Å². The smallest absolute Gasteiger partial charge is 0.0602 e. The first-order valence-electron chi connectivity index (χ1n) is 9.60. The molecule has 0 unspecified atom stereocenters. The minimum absolute atomic E-state index is 0.323. The third-order valence-corrected chi connectivity index (χ3v) is 6.11. The number of benzene rings is 2. The van der Waals surface area contributed by atoms with Crippen molar-refractivity contribution in [1.29, 1.82) is 0 Å². The molecule has 1 atom stereocenters. The molecule has 2 nitrogen and oxygen atoms in total. The fourth-order valence-corrected chi connectivity index (χ4v) is 4.65. The van der Waals surface area contributed by atoms with Gasteiger partial charge in [0.25, 0.3) is 0 Å². The predicted molar refractivity (Wildman–Crippen MR) is 105 cm³/mol. The molecule has 0 bridgehead atoms. The monoisotopic (exact) mass is 354 g/mol. The first-order chi connectivity index (χ1) is 12.3. The number of hydrogen-bond donors (Lipinski definition) is 0. The Balaban J connectivity index is 1.53. The fraction of sp³-hybridized carbons (Fsp3) is 0.455. The van der Waals surface area contributed by atoms with Gasteiger partial charge < -0.3 is 0 Å². The summed E-state index contributed by atoms with van der Waals surface area (Å²) in [5, 5.41) is 0.807. The van der Waals surface area contributed by atoms with Gasteiger partial charge >= 0.3 is 0 Å². The molecular formula is C22H27ClN2. The van der Waals surface area contributed by atoms with Gasteiger partial charge in [0, 0.05) is 37.2 Å². The molecule has 0 radical (unpaired) electrons. The summed E-state index contributed by atoms with van der Waals surface area (Å²) in [6.07, 6.45) is 5.64. The SMILES string of the molecule is Clc1ccc([C@H](c2ccccc2)N2CCN(C3CCCC3)CC2)cc1. The second-order valence-corrected chi connectivity index (χ2v) is 7.81. The van der Waals surface area contributed by atoms with E-state index >= 15 is 0 Å². The maximum absolute atomic E-state index is 6.12. The van der Waals surface area contributed by atoms with Crippen LogP contribution in [0.4, 0.5) is 0 Å². The summed E-state index contributed by atoms with van der Waals surface area (Å²) in [5.74, 6) is 0. The largest absolute Gasteiger partial charge is 0.298 e. The Morgan fingerprint density at radius 3 is 2.00 bits per heavy atom. The first kappa shape index (κ1) is 17.1. The molecule has 0 spiro atoms. The maximum Gasteiger partial charge on any atom is 0.0602 e. The lowest BCUT2D eigenvalue weighted by Gasteiger charge is -2.42. The fourth-order valence-electron chi connectivity index (χ4n) is 4.52. The molecule has 132 valence electrons. The standard InChI is InChI=1S/C22H27ClN2/c23-20-12-10-19(11-13-20)22(18-6-2-1-3-7-18)25-16-14-24(15-17-25)21-8-4-5-9-21/h1-3,6-7,10-13,21-22H,4-5,8-9,14-17H2/t22-/m0/s1. The summed E-state index contributed by atoms with van der Waals surface area (Å²) >= 11 is 6.12. The molecule has 2 aromatic rings. The lowest BCUT2D eigenvalue weighted by molar-refractivity contribution is 0.0804. The van der Waals surface area contributed by atoms with E-state index in [1.807, 2.05) is 12.1 Å². The van der Waals surface area contributed by atoms with E-state index < -0.39 is 0 Å². The van der Waals surface area contributed by atoms with E-state index in [0.717, 1.165) is 24.2 Å². The Morgan fingerprint density at radius 1 is 0.760 bits per heavy atom. The minimum Gasteiger partial charge on any atom is -0.298 e. The van der Waals surface area contributed by atoms with E-state index in [1.165, 1.54) is 49.9 Å². The van der Waals surface area contributed by atoms with E-state index in [-0.39, 0.29) is 0 Å². The summed E-state index contributed by atoms with van der Waals surface area (Å²) in [6, 6.07) is 20.5. The van der Waals surface area contributed by atoms with Crippen LogP contribution in [0.15, 0.2) is 54.6 Å². The number of piperazine rings is 1. The molecular weight excluding hydrogens is 328 g/mol. The number of rotatable bonds is 4. The Kier molecular flexibility index (Phi) is 5.40. The van der Waals surface area contributed by atoms with Gasteiger partial charge in [0.15, 0.2) is 0 Å². The Bertz CT molecular complexity index is 656. The van der Waals surface area contributed by atoms with Gasteiger partial charge in [-0.1, -0.05) is 66.9 Å². The Labute approximate surface area is 156 Å². The van der Waals surface area contributed by atoms with Gasteiger partial charge in [-0.05, 0) is 36.1 Å². The average Bonchev–Trinajstić information content (AvgIpc) is 3.20. The van der Waals surface area contributed by atoms with Crippen LogP contribution >= 0.6 is 11.6 Å². The summed E-state index contributed by atoms with van der Waals surface area (Å²) < 4.78 is 0. The van der Waals surface area contributed by atoms with Crippen molar-refractivity contribution in [1.82, 2.24) is 9.80 Å². The van der Waals surface area contributed by atoms with E-state index in [0.29, 0.717) is 6.04 Å². The van der Waals surface area contributed by atoms with Crippen molar-refractivity contribution in [2.24, 2.45) is 0 Å². The molecule has 1 aliphatic heterocycles. The van der Waals surface area contributed by atoms with Gasteiger partial charge in [-0.2, -0.15) is 0 Å². The van der Waals surface area contributed by atoms with Crippen LogP contribution in [0, 0.1) is 0 Å². The number of nitrogens with zero attached hydrogens (tertiary/aromatic N) is 2. The summed E-state index contributed by atoms with van der Waals surface area (Å²) in [4.78, 5) is 5.37. The van der Waals surface area contributed by atoms with Crippen molar-refractivity contribution in [3.8, 4) is 0 Å². The highest BCUT2D eigenvalue weighted by molar-refractivity contribution is 6.30. The highest BCUT2D eigenvalue weighted by Gasteiger charge is 2.30. The van der Waals surface area contributed by atoms with Gasteiger partial charge in [-0.3, -0.25) is 9.80 Å². The second kappa shape index (κ2) is 7.90. The van der Waals surface area contributed by atoms with Crippen molar-refractivity contribution in [2.75, 3.05) is 26.2 Å². The lowest BCUT2D eigenvalue weighted by Crippen LogP contribution is -2.50. The Hall–Kier alpha value is -1.35. The molecule has 25 heavy (non-hydrogen) atoms. The first-order valence-corrected chi connectivity index (χ1v) is 9.97. The van der Waals surface area contributed by atoms with Crippen LogP contribution in [-0.2, 0) is 0 Å². The normalized spacial score (nSPS) is 21.5. The molecule has 2 aromatic carbocycles. The second-order valence-electron chi connectivity index (χ2n) is 7.37. The molecule has 1 saturated carbocycles. The average molecular weight is 355 g/mol. The zero-order valence-electron chi connectivity index (χ0n) is 14.8. The van der Waals surface area contributed by atoms with Crippen LogP contribution in [0.2, 0.25) is 5.02 Å². The maximum atomic E-state index is 6.12. The third kappa shape index (κ3) is 3.92. The molecule has 4 rings (SSSR count). The quantitative estimate of drug-likeness (QED) is 0.763. The van der Waals surface area contributed by atoms with E-state index in [2.05, 4.69) is 52.3 Å². The highest BCUT2D eigenvalue weighted by Crippen LogP contribution is 2.32. The van der Waals surface area contributed by atoms with Crippen LogP contribution in [-0.4, -0.2) is 42.0 Å². The molecule has 0 amide bonds. The van der Waals surface area contributed by atoms with Crippen molar-refractivity contribution < 1.29 is 0 Å². The van der Waals surface area contributed by atoms with E-state index in [1.54, 1.807) is 0 Å². The summed E-state index contributed by atoms with van der Waals surface area (Å²) in [5.41, 5.74) is 2.71. The van der Waals surface area contributed by atoms with Gasteiger partial charge in [-0.25, -0.2) is 0 Å². The number of hydrogen-bond acceptors (Lipinski definition) is 2. The van der Waals surface area contributed by atoms with Crippen molar-refractivity contribution in [2.45, 2.75) is 37.8 Å². The molecule has 0 aromatic heterocycles. The van der Waals surface area contributed by atoms with Gasteiger partial charge in [0.05, 0.1) is 6.04 Å².